The van der Waals surface area contributed by atoms with Gasteiger partial charge in [0.25, 0.3) is 0 Å². The standard InChI is InChI=1S/C13H25NO2/c1-2-14(11-6-4-3-5-7-11)12-10-16-9-8-13(12)15/h11-13,15H,2-10H2,1H3. The molecular formula is C13H25NO2. The summed E-state index contributed by atoms with van der Waals surface area (Å²) in [6, 6.07) is 0.918. The Morgan fingerprint density at radius 2 is 1.94 bits per heavy atom. The summed E-state index contributed by atoms with van der Waals surface area (Å²) in [5, 5.41) is 10.1. The second kappa shape index (κ2) is 5.99. The molecule has 2 unspecified atom stereocenters. The van der Waals surface area contributed by atoms with Crippen LogP contribution in [0.1, 0.15) is 45.4 Å². The molecule has 0 aromatic carbocycles. The molecule has 1 N–H and O–H groups in total. The van der Waals surface area contributed by atoms with E-state index in [1.807, 2.05) is 0 Å². The minimum absolute atomic E-state index is 0.185. The summed E-state index contributed by atoms with van der Waals surface area (Å²) in [4.78, 5) is 2.49. The fraction of sp³-hybridized carbons (Fsp3) is 1.00. The van der Waals surface area contributed by atoms with Gasteiger partial charge < -0.3 is 9.84 Å². The maximum Gasteiger partial charge on any atom is 0.0739 e. The molecule has 2 atom stereocenters. The van der Waals surface area contributed by atoms with Crippen molar-refractivity contribution in [3.8, 4) is 0 Å². The second-order valence-corrected chi connectivity index (χ2v) is 5.12. The van der Waals surface area contributed by atoms with Crippen molar-refractivity contribution in [1.82, 2.24) is 4.90 Å². The number of ether oxygens (including phenoxy) is 1. The molecule has 3 heteroatoms. The van der Waals surface area contributed by atoms with E-state index in [0.29, 0.717) is 12.6 Å². The zero-order valence-corrected chi connectivity index (χ0v) is 10.4. The van der Waals surface area contributed by atoms with Crippen molar-refractivity contribution in [3.05, 3.63) is 0 Å². The zero-order valence-electron chi connectivity index (χ0n) is 10.4. The minimum atomic E-state index is -0.185. The van der Waals surface area contributed by atoms with Crippen molar-refractivity contribution in [3.63, 3.8) is 0 Å². The van der Waals surface area contributed by atoms with Gasteiger partial charge in [-0.25, -0.2) is 0 Å². The Morgan fingerprint density at radius 3 is 2.56 bits per heavy atom. The van der Waals surface area contributed by atoms with Gasteiger partial charge in [0.15, 0.2) is 0 Å². The molecule has 0 aromatic rings. The molecular weight excluding hydrogens is 202 g/mol. The van der Waals surface area contributed by atoms with E-state index in [1.54, 1.807) is 0 Å². The monoisotopic (exact) mass is 227 g/mol. The van der Waals surface area contributed by atoms with Crippen molar-refractivity contribution in [2.75, 3.05) is 19.8 Å². The van der Waals surface area contributed by atoms with Gasteiger partial charge in [-0.3, -0.25) is 4.90 Å². The van der Waals surface area contributed by atoms with Crippen LogP contribution in [0.2, 0.25) is 0 Å². The van der Waals surface area contributed by atoms with Crippen molar-refractivity contribution < 1.29 is 9.84 Å². The van der Waals surface area contributed by atoms with Crippen LogP contribution in [0.25, 0.3) is 0 Å². The Morgan fingerprint density at radius 1 is 1.19 bits per heavy atom. The maximum atomic E-state index is 10.1. The average molecular weight is 227 g/mol. The topological polar surface area (TPSA) is 32.7 Å². The van der Waals surface area contributed by atoms with E-state index in [0.717, 1.165) is 19.6 Å². The molecule has 1 saturated heterocycles. The molecule has 2 rings (SSSR count). The number of hydrogen-bond acceptors (Lipinski definition) is 3. The third-order valence-electron chi connectivity index (χ3n) is 4.13. The Hall–Kier alpha value is -0.120. The number of nitrogens with zero attached hydrogens (tertiary/aromatic N) is 1. The van der Waals surface area contributed by atoms with Crippen LogP contribution in [0.4, 0.5) is 0 Å². The van der Waals surface area contributed by atoms with Gasteiger partial charge >= 0.3 is 0 Å². The highest BCUT2D eigenvalue weighted by atomic mass is 16.5. The molecule has 1 heterocycles. The first kappa shape index (κ1) is 12.3. The fourth-order valence-electron chi connectivity index (χ4n) is 3.20. The molecule has 0 spiro atoms. The Labute approximate surface area is 98.8 Å². The van der Waals surface area contributed by atoms with E-state index >= 15 is 0 Å². The van der Waals surface area contributed by atoms with Crippen molar-refractivity contribution in [2.24, 2.45) is 0 Å². The van der Waals surface area contributed by atoms with Gasteiger partial charge in [-0.05, 0) is 25.8 Å². The normalized spacial score (nSPS) is 33.2. The number of likely N-dealkylation sites (N-methyl/N-ethyl adjacent to an activating group) is 1. The van der Waals surface area contributed by atoms with Crippen LogP contribution in [0.5, 0.6) is 0 Å². The summed E-state index contributed by atoms with van der Waals surface area (Å²) in [6.07, 6.45) is 7.31. The van der Waals surface area contributed by atoms with E-state index < -0.39 is 0 Å². The number of hydrogen-bond donors (Lipinski definition) is 1. The molecule has 0 bridgehead atoms. The lowest BCUT2D eigenvalue weighted by Crippen LogP contribution is -2.54. The van der Waals surface area contributed by atoms with Crippen LogP contribution >= 0.6 is 0 Å². The smallest absolute Gasteiger partial charge is 0.0739 e. The highest BCUT2D eigenvalue weighted by Gasteiger charge is 2.33. The fourth-order valence-corrected chi connectivity index (χ4v) is 3.20. The number of aliphatic hydroxyl groups is 1. The third-order valence-corrected chi connectivity index (χ3v) is 4.13. The van der Waals surface area contributed by atoms with E-state index in [-0.39, 0.29) is 12.1 Å². The van der Waals surface area contributed by atoms with Crippen LogP contribution in [-0.2, 0) is 4.74 Å². The molecule has 0 aromatic heterocycles. The van der Waals surface area contributed by atoms with Gasteiger partial charge in [-0.1, -0.05) is 26.2 Å². The van der Waals surface area contributed by atoms with E-state index in [2.05, 4.69) is 11.8 Å². The summed E-state index contributed by atoms with van der Waals surface area (Å²) in [5.74, 6) is 0. The molecule has 3 nitrogen and oxygen atoms in total. The molecule has 2 fully saturated rings. The summed E-state index contributed by atoms with van der Waals surface area (Å²) in [6.45, 7) is 4.68. The second-order valence-electron chi connectivity index (χ2n) is 5.12. The average Bonchev–Trinajstić information content (AvgIpc) is 2.34. The first-order valence-corrected chi connectivity index (χ1v) is 6.84. The minimum Gasteiger partial charge on any atom is -0.391 e. The van der Waals surface area contributed by atoms with E-state index in [1.165, 1.54) is 32.1 Å². The quantitative estimate of drug-likeness (QED) is 0.798. The summed E-state index contributed by atoms with van der Waals surface area (Å²) >= 11 is 0. The predicted octanol–water partition coefficient (Wildman–Crippen LogP) is 1.79. The lowest BCUT2D eigenvalue weighted by Gasteiger charge is -2.42. The van der Waals surface area contributed by atoms with Crippen molar-refractivity contribution in [2.45, 2.75) is 63.6 Å². The molecule has 1 saturated carbocycles. The lowest BCUT2D eigenvalue weighted by molar-refractivity contribution is -0.0758. The van der Waals surface area contributed by atoms with Gasteiger partial charge in [0.1, 0.15) is 0 Å². The third kappa shape index (κ3) is 2.76. The van der Waals surface area contributed by atoms with E-state index in [9.17, 15) is 5.11 Å². The SMILES string of the molecule is CCN(C1CCCCC1)C1COCCC1O. The Kier molecular flexibility index (Phi) is 4.62. The largest absolute Gasteiger partial charge is 0.391 e. The van der Waals surface area contributed by atoms with Crippen LogP contribution < -0.4 is 0 Å². The summed E-state index contributed by atoms with van der Waals surface area (Å²) in [5.41, 5.74) is 0. The molecule has 1 aliphatic heterocycles. The number of rotatable bonds is 3. The molecule has 94 valence electrons. The van der Waals surface area contributed by atoms with Gasteiger partial charge in [0, 0.05) is 12.6 Å². The van der Waals surface area contributed by atoms with Crippen LogP contribution in [0.15, 0.2) is 0 Å². The molecule has 16 heavy (non-hydrogen) atoms. The predicted molar refractivity (Wildman–Crippen MR) is 64.5 cm³/mol. The van der Waals surface area contributed by atoms with Crippen LogP contribution in [0.3, 0.4) is 0 Å². The molecule has 1 aliphatic carbocycles. The number of aliphatic hydroxyl groups excluding tert-OH is 1. The lowest BCUT2D eigenvalue weighted by atomic mass is 9.91. The molecule has 2 aliphatic rings. The van der Waals surface area contributed by atoms with Gasteiger partial charge in [0.2, 0.25) is 0 Å². The zero-order chi connectivity index (χ0) is 11.4. The van der Waals surface area contributed by atoms with Crippen molar-refractivity contribution >= 4 is 0 Å². The Bertz CT molecular complexity index is 204. The summed E-state index contributed by atoms with van der Waals surface area (Å²) < 4.78 is 5.52. The van der Waals surface area contributed by atoms with Crippen LogP contribution in [-0.4, -0.2) is 48.0 Å². The maximum absolute atomic E-state index is 10.1. The highest BCUT2D eigenvalue weighted by molar-refractivity contribution is 4.87. The van der Waals surface area contributed by atoms with Crippen molar-refractivity contribution in [1.29, 1.82) is 0 Å². The van der Waals surface area contributed by atoms with Gasteiger partial charge in [0.05, 0.1) is 18.8 Å². The highest BCUT2D eigenvalue weighted by Crippen LogP contribution is 2.26. The molecule has 0 radical (unpaired) electrons. The summed E-state index contributed by atoms with van der Waals surface area (Å²) in [7, 11) is 0. The first-order chi connectivity index (χ1) is 7.83. The van der Waals surface area contributed by atoms with Crippen LogP contribution in [0, 0.1) is 0 Å². The molecule has 0 amide bonds. The van der Waals surface area contributed by atoms with Gasteiger partial charge in [-0.15, -0.1) is 0 Å². The first-order valence-electron chi connectivity index (χ1n) is 6.84. The van der Waals surface area contributed by atoms with E-state index in [4.69, 9.17) is 4.74 Å². The van der Waals surface area contributed by atoms with Gasteiger partial charge in [-0.2, -0.15) is 0 Å². The Balaban J connectivity index is 1.96.